The highest BCUT2D eigenvalue weighted by atomic mass is 16.2. The van der Waals surface area contributed by atoms with Gasteiger partial charge in [0.15, 0.2) is 0 Å². The van der Waals surface area contributed by atoms with Gasteiger partial charge in [-0.3, -0.25) is 19.3 Å². The normalized spacial score (nSPS) is 37.8. The molecular weight excluding hydrogens is 256 g/mol. The molecule has 3 aliphatic carbocycles. The fourth-order valence-corrected chi connectivity index (χ4v) is 4.03. The molecular formula is C15H18N2O3. The predicted octanol–water partition coefficient (Wildman–Crippen LogP) is 0.414. The topological polar surface area (TPSA) is 57.7 Å². The van der Waals surface area contributed by atoms with Crippen molar-refractivity contribution >= 4 is 17.7 Å². The number of hydrogen-bond donors (Lipinski definition) is 0. The van der Waals surface area contributed by atoms with Gasteiger partial charge < -0.3 is 4.90 Å². The van der Waals surface area contributed by atoms with E-state index >= 15 is 0 Å². The van der Waals surface area contributed by atoms with Crippen LogP contribution in [0.2, 0.25) is 0 Å². The number of carbonyl (C=O) groups excluding carboxylic acids is 3. The number of carbonyl (C=O) groups is 3. The molecule has 4 rings (SSSR count). The quantitative estimate of drug-likeness (QED) is 0.553. The molecule has 4 aliphatic rings. The van der Waals surface area contributed by atoms with Crippen LogP contribution in [0.4, 0.5) is 0 Å². The molecule has 2 saturated carbocycles. The zero-order valence-electron chi connectivity index (χ0n) is 11.5. The van der Waals surface area contributed by atoms with Crippen LogP contribution in [-0.2, 0) is 14.4 Å². The van der Waals surface area contributed by atoms with E-state index in [0.717, 1.165) is 19.3 Å². The molecule has 0 aromatic rings. The van der Waals surface area contributed by atoms with Crippen LogP contribution >= 0.6 is 0 Å². The van der Waals surface area contributed by atoms with E-state index in [0.29, 0.717) is 6.04 Å². The second-order valence-corrected chi connectivity index (χ2v) is 6.50. The Bertz CT molecular complexity index is 507. The average molecular weight is 274 g/mol. The van der Waals surface area contributed by atoms with Crippen molar-refractivity contribution < 1.29 is 14.4 Å². The van der Waals surface area contributed by atoms with E-state index in [1.54, 1.807) is 11.9 Å². The van der Waals surface area contributed by atoms with Gasteiger partial charge in [0.1, 0.15) is 6.54 Å². The second kappa shape index (κ2) is 3.93. The molecule has 0 aromatic carbocycles. The Morgan fingerprint density at radius 1 is 1.20 bits per heavy atom. The molecule has 4 unspecified atom stereocenters. The van der Waals surface area contributed by atoms with E-state index in [9.17, 15) is 14.4 Å². The Hall–Kier alpha value is -1.65. The molecule has 5 nitrogen and oxygen atoms in total. The Kier molecular flexibility index (Phi) is 2.38. The molecule has 2 bridgehead atoms. The smallest absolute Gasteiger partial charge is 0.242 e. The van der Waals surface area contributed by atoms with Crippen molar-refractivity contribution in [1.29, 1.82) is 0 Å². The number of allylic oxidation sites excluding steroid dienone is 2. The van der Waals surface area contributed by atoms with Crippen molar-refractivity contribution in [2.75, 3.05) is 13.6 Å². The molecule has 1 heterocycles. The first kappa shape index (κ1) is 12.1. The highest BCUT2D eigenvalue weighted by molar-refractivity contribution is 6.08. The van der Waals surface area contributed by atoms with Gasteiger partial charge in [-0.05, 0) is 31.1 Å². The molecule has 0 N–H and O–H groups in total. The van der Waals surface area contributed by atoms with Crippen LogP contribution in [0.1, 0.15) is 19.3 Å². The van der Waals surface area contributed by atoms with Gasteiger partial charge in [-0.25, -0.2) is 0 Å². The van der Waals surface area contributed by atoms with Crippen molar-refractivity contribution in [2.45, 2.75) is 25.3 Å². The maximum absolute atomic E-state index is 12.4. The number of amides is 3. The lowest BCUT2D eigenvalue weighted by atomic mass is 9.85. The lowest BCUT2D eigenvalue weighted by Crippen LogP contribution is -2.43. The summed E-state index contributed by atoms with van der Waals surface area (Å²) < 4.78 is 0. The highest BCUT2D eigenvalue weighted by Crippen LogP contribution is 2.52. The van der Waals surface area contributed by atoms with Gasteiger partial charge in [-0.2, -0.15) is 0 Å². The molecule has 5 heteroatoms. The van der Waals surface area contributed by atoms with Gasteiger partial charge in [-0.1, -0.05) is 12.2 Å². The minimum atomic E-state index is -0.198. The number of likely N-dealkylation sites (tertiary alicyclic amines) is 1. The molecule has 0 aromatic heterocycles. The van der Waals surface area contributed by atoms with Crippen LogP contribution in [0, 0.1) is 23.7 Å². The summed E-state index contributed by atoms with van der Waals surface area (Å²) in [5, 5.41) is 0. The summed E-state index contributed by atoms with van der Waals surface area (Å²) in [4.78, 5) is 39.9. The molecule has 1 aliphatic heterocycles. The molecule has 4 atom stereocenters. The first-order valence-corrected chi connectivity index (χ1v) is 7.37. The average Bonchev–Trinajstić information content (AvgIpc) is 3.02. The second-order valence-electron chi connectivity index (χ2n) is 6.50. The third kappa shape index (κ3) is 1.52. The van der Waals surface area contributed by atoms with Crippen LogP contribution in [-0.4, -0.2) is 47.2 Å². The van der Waals surface area contributed by atoms with Crippen molar-refractivity contribution in [3.63, 3.8) is 0 Å². The lowest BCUT2D eigenvalue weighted by Gasteiger charge is -2.21. The number of hydrogen-bond acceptors (Lipinski definition) is 3. The fourth-order valence-electron chi connectivity index (χ4n) is 4.03. The maximum atomic E-state index is 12.4. The van der Waals surface area contributed by atoms with Gasteiger partial charge in [0, 0.05) is 13.1 Å². The summed E-state index contributed by atoms with van der Waals surface area (Å²) in [5.74, 6) is -0.350. The van der Waals surface area contributed by atoms with Gasteiger partial charge in [0.05, 0.1) is 11.8 Å². The summed E-state index contributed by atoms with van der Waals surface area (Å²) in [7, 11) is 1.76. The minimum Gasteiger partial charge on any atom is -0.341 e. The molecule has 3 amide bonds. The largest absolute Gasteiger partial charge is 0.341 e. The molecule has 106 valence electrons. The van der Waals surface area contributed by atoms with Crippen LogP contribution in [0.25, 0.3) is 0 Å². The SMILES string of the molecule is CN(C(=O)CN1C(=O)C2C3C=CC(C3)C2C1=O)C1CC1. The zero-order valence-corrected chi connectivity index (χ0v) is 11.5. The monoisotopic (exact) mass is 274 g/mol. The molecule has 20 heavy (non-hydrogen) atoms. The first-order valence-electron chi connectivity index (χ1n) is 7.37. The van der Waals surface area contributed by atoms with Gasteiger partial charge in [0.25, 0.3) is 0 Å². The number of nitrogens with zero attached hydrogens (tertiary/aromatic N) is 2. The predicted molar refractivity (Wildman–Crippen MR) is 70.2 cm³/mol. The van der Waals surface area contributed by atoms with Gasteiger partial charge >= 0.3 is 0 Å². The van der Waals surface area contributed by atoms with E-state index < -0.39 is 0 Å². The van der Waals surface area contributed by atoms with Crippen molar-refractivity contribution in [3.8, 4) is 0 Å². The molecule has 3 fully saturated rings. The zero-order chi connectivity index (χ0) is 14.0. The Balaban J connectivity index is 1.51. The lowest BCUT2D eigenvalue weighted by molar-refractivity contribution is -0.146. The summed E-state index contributed by atoms with van der Waals surface area (Å²) in [6.07, 6.45) is 7.13. The Morgan fingerprint density at radius 3 is 2.25 bits per heavy atom. The molecule has 0 spiro atoms. The third-order valence-corrected chi connectivity index (χ3v) is 5.34. The van der Waals surface area contributed by atoms with E-state index in [2.05, 4.69) is 12.2 Å². The maximum Gasteiger partial charge on any atom is 0.242 e. The Labute approximate surface area is 117 Å². The first-order chi connectivity index (χ1) is 9.58. The van der Waals surface area contributed by atoms with Crippen molar-refractivity contribution in [1.82, 2.24) is 9.80 Å². The van der Waals surface area contributed by atoms with E-state index in [1.165, 1.54) is 4.90 Å². The summed E-state index contributed by atoms with van der Waals surface area (Å²) in [6.45, 7) is -0.0723. The number of imide groups is 1. The van der Waals surface area contributed by atoms with Gasteiger partial charge in [-0.15, -0.1) is 0 Å². The summed E-state index contributed by atoms with van der Waals surface area (Å²) in [6, 6.07) is 0.313. The highest BCUT2D eigenvalue weighted by Gasteiger charge is 2.59. The minimum absolute atomic E-state index is 0.0723. The van der Waals surface area contributed by atoms with E-state index in [-0.39, 0.29) is 47.9 Å². The van der Waals surface area contributed by atoms with Crippen LogP contribution in [0.3, 0.4) is 0 Å². The number of likely N-dealkylation sites (N-methyl/N-ethyl adjacent to an activating group) is 1. The van der Waals surface area contributed by atoms with Crippen molar-refractivity contribution in [2.24, 2.45) is 23.7 Å². The van der Waals surface area contributed by atoms with Crippen LogP contribution < -0.4 is 0 Å². The molecule has 1 saturated heterocycles. The van der Waals surface area contributed by atoms with E-state index in [1.807, 2.05) is 0 Å². The summed E-state index contributed by atoms with van der Waals surface area (Å²) in [5.41, 5.74) is 0. The fraction of sp³-hybridized carbons (Fsp3) is 0.667. The number of fused-ring (bicyclic) bond motifs is 5. The Morgan fingerprint density at radius 2 is 1.75 bits per heavy atom. The third-order valence-electron chi connectivity index (χ3n) is 5.34. The van der Waals surface area contributed by atoms with Crippen LogP contribution in [0.5, 0.6) is 0 Å². The summed E-state index contributed by atoms with van der Waals surface area (Å²) >= 11 is 0. The molecule has 0 radical (unpaired) electrons. The number of rotatable bonds is 3. The van der Waals surface area contributed by atoms with Gasteiger partial charge in [0.2, 0.25) is 17.7 Å². The van der Waals surface area contributed by atoms with Crippen LogP contribution in [0.15, 0.2) is 12.2 Å². The van der Waals surface area contributed by atoms with E-state index in [4.69, 9.17) is 0 Å². The van der Waals surface area contributed by atoms with Crippen molar-refractivity contribution in [3.05, 3.63) is 12.2 Å². The standard InChI is InChI=1S/C15H18N2O3/c1-16(10-4-5-10)11(18)7-17-14(19)12-8-2-3-9(6-8)13(12)15(17)20/h2-3,8-10,12-13H,4-7H2,1H3.